The molecular formula is C13H19ClN4O. The monoisotopic (exact) mass is 282 g/mol. The molecule has 2 rings (SSSR count). The Kier molecular flexibility index (Phi) is 4.37. The standard InChI is InChI=1S/C13H19ClN4O/c1-9-15-12(14)11(8-19)13(16-9)18(3)10-4-6-17(2)7-5-10/h8,10H,4-7H2,1-3H3. The third-order valence-corrected chi connectivity index (χ3v) is 3.97. The zero-order chi connectivity index (χ0) is 14.0. The summed E-state index contributed by atoms with van der Waals surface area (Å²) in [6.45, 7) is 3.90. The van der Waals surface area contributed by atoms with E-state index < -0.39 is 0 Å². The van der Waals surface area contributed by atoms with Gasteiger partial charge in [-0.25, -0.2) is 9.97 Å². The van der Waals surface area contributed by atoms with Gasteiger partial charge in [0.2, 0.25) is 0 Å². The minimum Gasteiger partial charge on any atom is -0.356 e. The summed E-state index contributed by atoms with van der Waals surface area (Å²) in [4.78, 5) is 24.0. The minimum atomic E-state index is 0.234. The molecule has 0 bridgehead atoms. The highest BCUT2D eigenvalue weighted by Crippen LogP contribution is 2.26. The highest BCUT2D eigenvalue weighted by atomic mass is 35.5. The summed E-state index contributed by atoms with van der Waals surface area (Å²) in [5, 5.41) is 0.234. The SMILES string of the molecule is Cc1nc(Cl)c(C=O)c(N(C)C2CCN(C)CC2)n1. The Morgan fingerprint density at radius 1 is 1.37 bits per heavy atom. The lowest BCUT2D eigenvalue weighted by atomic mass is 10.0. The van der Waals surface area contributed by atoms with Crippen molar-refractivity contribution in [2.75, 3.05) is 32.1 Å². The number of rotatable bonds is 3. The second-order valence-corrected chi connectivity index (χ2v) is 5.42. The summed E-state index contributed by atoms with van der Waals surface area (Å²) < 4.78 is 0. The Bertz CT molecular complexity index is 472. The molecule has 0 saturated carbocycles. The predicted molar refractivity (Wildman–Crippen MR) is 76.1 cm³/mol. The van der Waals surface area contributed by atoms with Crippen molar-refractivity contribution >= 4 is 23.7 Å². The Labute approximate surface area is 118 Å². The average Bonchev–Trinajstić information content (AvgIpc) is 2.38. The van der Waals surface area contributed by atoms with Gasteiger partial charge in [-0.1, -0.05) is 11.6 Å². The molecule has 0 radical (unpaired) electrons. The van der Waals surface area contributed by atoms with Gasteiger partial charge in [-0.2, -0.15) is 0 Å². The van der Waals surface area contributed by atoms with Crippen LogP contribution < -0.4 is 4.90 Å². The molecule has 19 heavy (non-hydrogen) atoms. The number of likely N-dealkylation sites (tertiary alicyclic amines) is 1. The van der Waals surface area contributed by atoms with Gasteiger partial charge in [-0.15, -0.1) is 0 Å². The van der Waals surface area contributed by atoms with Gasteiger partial charge in [0.25, 0.3) is 0 Å². The van der Waals surface area contributed by atoms with E-state index >= 15 is 0 Å². The summed E-state index contributed by atoms with van der Waals surface area (Å²) in [6.07, 6.45) is 2.86. The molecule has 6 heteroatoms. The smallest absolute Gasteiger partial charge is 0.156 e. The van der Waals surface area contributed by atoms with Gasteiger partial charge in [0.1, 0.15) is 16.8 Å². The number of carbonyl (C=O) groups excluding carboxylic acids is 1. The lowest BCUT2D eigenvalue weighted by Gasteiger charge is -2.36. The first kappa shape index (κ1) is 14.2. The molecule has 0 amide bonds. The molecule has 1 aliphatic rings. The lowest BCUT2D eigenvalue weighted by molar-refractivity contribution is 0.112. The van der Waals surface area contributed by atoms with Crippen LogP contribution >= 0.6 is 11.6 Å². The third kappa shape index (κ3) is 3.04. The van der Waals surface area contributed by atoms with Crippen LogP contribution in [0.1, 0.15) is 29.0 Å². The van der Waals surface area contributed by atoms with Gasteiger partial charge in [-0.3, -0.25) is 4.79 Å². The number of hydrogen-bond donors (Lipinski definition) is 0. The molecule has 1 fully saturated rings. The molecule has 1 aromatic heterocycles. The van der Waals surface area contributed by atoms with E-state index in [0.29, 0.717) is 23.2 Å². The maximum absolute atomic E-state index is 11.2. The van der Waals surface area contributed by atoms with Gasteiger partial charge in [0.15, 0.2) is 6.29 Å². The lowest BCUT2D eigenvalue weighted by Crippen LogP contribution is -2.42. The highest BCUT2D eigenvalue weighted by Gasteiger charge is 2.24. The van der Waals surface area contributed by atoms with Gasteiger partial charge < -0.3 is 9.80 Å². The quantitative estimate of drug-likeness (QED) is 0.625. The zero-order valence-electron chi connectivity index (χ0n) is 11.6. The molecule has 5 nitrogen and oxygen atoms in total. The van der Waals surface area contributed by atoms with Crippen molar-refractivity contribution in [2.24, 2.45) is 0 Å². The van der Waals surface area contributed by atoms with E-state index in [1.54, 1.807) is 6.92 Å². The van der Waals surface area contributed by atoms with Crippen molar-refractivity contribution in [3.05, 3.63) is 16.5 Å². The van der Waals surface area contributed by atoms with Crippen LogP contribution in [0.4, 0.5) is 5.82 Å². The molecule has 0 N–H and O–H groups in total. The van der Waals surface area contributed by atoms with Crippen LogP contribution in [0.3, 0.4) is 0 Å². The third-order valence-electron chi connectivity index (χ3n) is 3.68. The predicted octanol–water partition coefficient (Wildman–Crippen LogP) is 1.78. The maximum atomic E-state index is 11.2. The maximum Gasteiger partial charge on any atom is 0.156 e. The van der Waals surface area contributed by atoms with Crippen molar-refractivity contribution in [2.45, 2.75) is 25.8 Å². The number of aromatic nitrogens is 2. The first-order valence-electron chi connectivity index (χ1n) is 6.43. The number of carbonyl (C=O) groups is 1. The normalized spacial score (nSPS) is 17.5. The van der Waals surface area contributed by atoms with Crippen LogP contribution in [0.15, 0.2) is 0 Å². The minimum absolute atomic E-state index is 0.234. The molecule has 1 aliphatic heterocycles. The summed E-state index contributed by atoms with van der Waals surface area (Å²) in [7, 11) is 4.10. The van der Waals surface area contributed by atoms with E-state index in [1.165, 1.54) is 0 Å². The van der Waals surface area contributed by atoms with Crippen LogP contribution in [0.5, 0.6) is 0 Å². The fourth-order valence-corrected chi connectivity index (χ4v) is 2.71. The van der Waals surface area contributed by atoms with E-state index in [2.05, 4.69) is 26.8 Å². The van der Waals surface area contributed by atoms with Crippen LogP contribution in [0.25, 0.3) is 0 Å². The summed E-state index contributed by atoms with van der Waals surface area (Å²) >= 11 is 6.02. The van der Waals surface area contributed by atoms with Gasteiger partial charge >= 0.3 is 0 Å². The van der Waals surface area contributed by atoms with E-state index in [4.69, 9.17) is 11.6 Å². The second-order valence-electron chi connectivity index (χ2n) is 5.06. The van der Waals surface area contributed by atoms with Gasteiger partial charge in [0, 0.05) is 13.1 Å². The zero-order valence-corrected chi connectivity index (χ0v) is 12.3. The Morgan fingerprint density at radius 3 is 2.58 bits per heavy atom. The first-order valence-corrected chi connectivity index (χ1v) is 6.81. The number of halogens is 1. The van der Waals surface area contributed by atoms with E-state index in [1.807, 2.05) is 7.05 Å². The molecule has 0 atom stereocenters. The number of aryl methyl sites for hydroxylation is 1. The molecular weight excluding hydrogens is 264 g/mol. The molecule has 0 aliphatic carbocycles. The van der Waals surface area contributed by atoms with Crippen molar-refractivity contribution in [3.8, 4) is 0 Å². The molecule has 0 spiro atoms. The van der Waals surface area contributed by atoms with Crippen LogP contribution in [-0.4, -0.2) is 54.4 Å². The van der Waals surface area contributed by atoms with Gasteiger partial charge in [0.05, 0.1) is 5.56 Å². The van der Waals surface area contributed by atoms with Gasteiger partial charge in [-0.05, 0) is 39.9 Å². The molecule has 1 aromatic rings. The Morgan fingerprint density at radius 2 is 2.00 bits per heavy atom. The van der Waals surface area contributed by atoms with Crippen molar-refractivity contribution < 1.29 is 4.79 Å². The second kappa shape index (κ2) is 5.84. The molecule has 2 heterocycles. The largest absolute Gasteiger partial charge is 0.356 e. The van der Waals surface area contributed by atoms with E-state index in [9.17, 15) is 4.79 Å². The summed E-state index contributed by atoms with van der Waals surface area (Å²) in [6, 6.07) is 0.389. The van der Waals surface area contributed by atoms with Crippen LogP contribution in [-0.2, 0) is 0 Å². The Hall–Kier alpha value is -1.20. The number of piperidine rings is 1. The highest BCUT2D eigenvalue weighted by molar-refractivity contribution is 6.32. The van der Waals surface area contributed by atoms with E-state index in [-0.39, 0.29) is 5.15 Å². The fraction of sp³-hybridized carbons (Fsp3) is 0.615. The molecule has 104 valence electrons. The molecule has 1 saturated heterocycles. The number of hydrogen-bond acceptors (Lipinski definition) is 5. The fourth-order valence-electron chi connectivity index (χ4n) is 2.46. The average molecular weight is 283 g/mol. The van der Waals surface area contributed by atoms with Crippen LogP contribution in [0, 0.1) is 6.92 Å². The van der Waals surface area contributed by atoms with Crippen molar-refractivity contribution in [1.29, 1.82) is 0 Å². The Balaban J connectivity index is 2.27. The molecule has 0 aromatic carbocycles. The summed E-state index contributed by atoms with van der Waals surface area (Å²) in [5.41, 5.74) is 0.383. The van der Waals surface area contributed by atoms with Crippen molar-refractivity contribution in [1.82, 2.24) is 14.9 Å². The number of aldehydes is 1. The number of anilines is 1. The topological polar surface area (TPSA) is 49.3 Å². The first-order chi connectivity index (χ1) is 9.02. The summed E-state index contributed by atoms with van der Waals surface area (Å²) in [5.74, 6) is 1.23. The molecule has 0 unspecified atom stereocenters. The van der Waals surface area contributed by atoms with Crippen LogP contribution in [0.2, 0.25) is 5.15 Å². The number of nitrogens with zero attached hydrogens (tertiary/aromatic N) is 4. The van der Waals surface area contributed by atoms with E-state index in [0.717, 1.165) is 32.2 Å². The van der Waals surface area contributed by atoms with Crippen molar-refractivity contribution in [3.63, 3.8) is 0 Å².